The molecule has 0 aromatic heterocycles. The summed E-state index contributed by atoms with van der Waals surface area (Å²) in [7, 11) is 0. The number of nitrogens with one attached hydrogen (secondary N) is 1. The van der Waals surface area contributed by atoms with Crippen LogP contribution in [0.1, 0.15) is 43.9 Å². The Kier molecular flexibility index (Phi) is 3.93. The molecule has 1 aliphatic heterocycles. The van der Waals surface area contributed by atoms with Crippen LogP contribution in [0.5, 0.6) is 0 Å². The first-order valence-electron chi connectivity index (χ1n) is 6.26. The molecule has 0 bridgehead atoms. The monoisotopic (exact) mass is 235 g/mol. The summed E-state index contributed by atoms with van der Waals surface area (Å²) >= 11 is 2.05. The average Bonchev–Trinajstić information content (AvgIpc) is 2.58. The van der Waals surface area contributed by atoms with Gasteiger partial charge in [0.25, 0.3) is 0 Å². The van der Waals surface area contributed by atoms with Crippen LogP contribution in [-0.2, 0) is 0 Å². The Morgan fingerprint density at radius 2 is 2.12 bits per heavy atom. The van der Waals surface area contributed by atoms with Crippen molar-refractivity contribution in [2.45, 2.75) is 49.8 Å². The minimum Gasteiger partial charge on any atom is -0.309 e. The van der Waals surface area contributed by atoms with E-state index in [-0.39, 0.29) is 0 Å². The molecule has 1 aromatic rings. The van der Waals surface area contributed by atoms with Gasteiger partial charge in [0.15, 0.2) is 0 Å². The summed E-state index contributed by atoms with van der Waals surface area (Å²) in [6.07, 6.45) is 2.57. The fraction of sp³-hybridized carbons (Fsp3) is 0.571. The van der Waals surface area contributed by atoms with Crippen molar-refractivity contribution in [2.75, 3.05) is 6.54 Å². The van der Waals surface area contributed by atoms with Crippen LogP contribution in [-0.4, -0.2) is 11.8 Å². The summed E-state index contributed by atoms with van der Waals surface area (Å²) in [6.45, 7) is 7.71. The van der Waals surface area contributed by atoms with E-state index >= 15 is 0 Å². The number of hydrogen-bond acceptors (Lipinski definition) is 2. The van der Waals surface area contributed by atoms with E-state index in [9.17, 15) is 0 Å². The third kappa shape index (κ3) is 2.28. The molecule has 0 aliphatic carbocycles. The van der Waals surface area contributed by atoms with E-state index in [1.54, 1.807) is 0 Å². The highest BCUT2D eigenvalue weighted by Crippen LogP contribution is 2.46. The molecule has 2 unspecified atom stereocenters. The molecule has 0 spiro atoms. The summed E-state index contributed by atoms with van der Waals surface area (Å²) < 4.78 is 0. The highest BCUT2D eigenvalue weighted by molar-refractivity contribution is 8.00. The lowest BCUT2D eigenvalue weighted by atomic mass is 9.99. The Morgan fingerprint density at radius 3 is 2.81 bits per heavy atom. The van der Waals surface area contributed by atoms with Crippen LogP contribution in [0.2, 0.25) is 0 Å². The van der Waals surface area contributed by atoms with Crippen LogP contribution < -0.4 is 5.32 Å². The summed E-state index contributed by atoms with van der Waals surface area (Å²) in [5.74, 6) is 0. The van der Waals surface area contributed by atoms with Crippen molar-refractivity contribution in [1.29, 1.82) is 0 Å². The van der Waals surface area contributed by atoms with Gasteiger partial charge in [-0.05, 0) is 31.5 Å². The van der Waals surface area contributed by atoms with Crippen molar-refractivity contribution in [2.24, 2.45) is 0 Å². The van der Waals surface area contributed by atoms with Gasteiger partial charge in [-0.3, -0.25) is 0 Å². The number of hydrogen-bond donors (Lipinski definition) is 1. The molecule has 1 aliphatic rings. The Hall–Kier alpha value is -0.470. The highest BCUT2D eigenvalue weighted by Gasteiger charge is 2.31. The molecular weight excluding hydrogens is 214 g/mol. The maximum atomic E-state index is 3.64. The predicted octanol–water partition coefficient (Wildman–Crippen LogP) is 3.92. The molecular formula is C14H21NS. The third-order valence-electron chi connectivity index (χ3n) is 3.15. The van der Waals surface area contributed by atoms with Gasteiger partial charge in [0.1, 0.15) is 0 Å². The summed E-state index contributed by atoms with van der Waals surface area (Å²) in [5, 5.41) is 4.37. The van der Waals surface area contributed by atoms with Gasteiger partial charge in [-0.1, -0.05) is 38.0 Å². The lowest BCUT2D eigenvalue weighted by molar-refractivity contribution is 0.513. The van der Waals surface area contributed by atoms with Gasteiger partial charge >= 0.3 is 0 Å². The zero-order valence-corrected chi connectivity index (χ0v) is 11.2. The van der Waals surface area contributed by atoms with E-state index < -0.39 is 0 Å². The normalized spacial score (nSPS) is 23.4. The molecule has 0 radical (unpaired) electrons. The van der Waals surface area contributed by atoms with Crippen molar-refractivity contribution in [3.63, 3.8) is 0 Å². The quantitative estimate of drug-likeness (QED) is 0.849. The standard InChI is InChI=1S/C14H21NS/c1-4-6-13-14(15-5-2)11-9-10(3)7-8-12(11)16-13/h7-9,13-15H,4-6H2,1-3H3. The fourth-order valence-electron chi connectivity index (χ4n) is 2.42. The first kappa shape index (κ1) is 12.0. The second-order valence-corrected chi connectivity index (χ2v) is 5.80. The van der Waals surface area contributed by atoms with Crippen LogP contribution >= 0.6 is 11.8 Å². The minimum atomic E-state index is 0.560. The van der Waals surface area contributed by atoms with Gasteiger partial charge in [-0.2, -0.15) is 0 Å². The molecule has 0 saturated carbocycles. The van der Waals surface area contributed by atoms with Gasteiger partial charge in [0.05, 0.1) is 0 Å². The number of thioether (sulfide) groups is 1. The average molecular weight is 235 g/mol. The number of fused-ring (bicyclic) bond motifs is 1. The zero-order valence-electron chi connectivity index (χ0n) is 10.4. The topological polar surface area (TPSA) is 12.0 Å². The van der Waals surface area contributed by atoms with E-state index in [2.05, 4.69) is 56.0 Å². The zero-order chi connectivity index (χ0) is 11.5. The second-order valence-electron chi connectivity index (χ2n) is 4.52. The molecule has 1 nitrogen and oxygen atoms in total. The Balaban J connectivity index is 2.26. The van der Waals surface area contributed by atoms with E-state index in [4.69, 9.17) is 0 Å². The fourth-order valence-corrected chi connectivity index (χ4v) is 3.95. The SMILES string of the molecule is CCCC1Sc2ccc(C)cc2C1NCC. The molecule has 0 saturated heterocycles. The second kappa shape index (κ2) is 5.24. The number of aryl methyl sites for hydroxylation is 1. The Morgan fingerprint density at radius 1 is 1.31 bits per heavy atom. The van der Waals surface area contributed by atoms with E-state index in [1.807, 2.05) is 0 Å². The number of rotatable bonds is 4. The van der Waals surface area contributed by atoms with E-state index in [1.165, 1.54) is 28.9 Å². The van der Waals surface area contributed by atoms with Crippen LogP contribution in [0.15, 0.2) is 23.1 Å². The molecule has 2 atom stereocenters. The van der Waals surface area contributed by atoms with Crippen molar-refractivity contribution >= 4 is 11.8 Å². The molecule has 1 aromatic carbocycles. The summed E-state index contributed by atoms with van der Waals surface area (Å²) in [4.78, 5) is 1.48. The molecule has 1 N–H and O–H groups in total. The lowest BCUT2D eigenvalue weighted by Gasteiger charge is -2.19. The molecule has 2 rings (SSSR count). The van der Waals surface area contributed by atoms with Crippen LogP contribution in [0.3, 0.4) is 0 Å². The molecule has 1 heterocycles. The maximum Gasteiger partial charge on any atom is 0.0455 e. The van der Waals surface area contributed by atoms with E-state index in [0.717, 1.165) is 11.8 Å². The number of benzene rings is 1. The van der Waals surface area contributed by atoms with Crippen LogP contribution in [0.4, 0.5) is 0 Å². The molecule has 88 valence electrons. The van der Waals surface area contributed by atoms with Gasteiger partial charge in [-0.15, -0.1) is 11.8 Å². The van der Waals surface area contributed by atoms with Gasteiger partial charge < -0.3 is 5.32 Å². The lowest BCUT2D eigenvalue weighted by Crippen LogP contribution is -2.26. The predicted molar refractivity (Wildman–Crippen MR) is 72.1 cm³/mol. The third-order valence-corrected chi connectivity index (χ3v) is 4.58. The smallest absolute Gasteiger partial charge is 0.0455 e. The molecule has 16 heavy (non-hydrogen) atoms. The molecule has 0 amide bonds. The van der Waals surface area contributed by atoms with Gasteiger partial charge in [0, 0.05) is 16.2 Å². The van der Waals surface area contributed by atoms with Crippen molar-refractivity contribution < 1.29 is 0 Å². The van der Waals surface area contributed by atoms with Gasteiger partial charge in [-0.25, -0.2) is 0 Å². The Bertz CT molecular complexity index is 362. The van der Waals surface area contributed by atoms with Crippen molar-refractivity contribution in [1.82, 2.24) is 5.32 Å². The summed E-state index contributed by atoms with van der Waals surface area (Å²) in [6, 6.07) is 7.42. The van der Waals surface area contributed by atoms with Crippen molar-refractivity contribution in [3.05, 3.63) is 29.3 Å². The Labute approximate surface area is 103 Å². The largest absolute Gasteiger partial charge is 0.309 e. The highest BCUT2D eigenvalue weighted by atomic mass is 32.2. The van der Waals surface area contributed by atoms with Crippen LogP contribution in [0.25, 0.3) is 0 Å². The molecule has 2 heteroatoms. The van der Waals surface area contributed by atoms with Crippen molar-refractivity contribution in [3.8, 4) is 0 Å². The van der Waals surface area contributed by atoms with Crippen LogP contribution in [0, 0.1) is 6.92 Å². The first-order chi connectivity index (χ1) is 7.76. The first-order valence-corrected chi connectivity index (χ1v) is 7.14. The molecule has 0 fully saturated rings. The van der Waals surface area contributed by atoms with E-state index in [0.29, 0.717) is 6.04 Å². The van der Waals surface area contributed by atoms with Gasteiger partial charge in [0.2, 0.25) is 0 Å². The minimum absolute atomic E-state index is 0.560. The summed E-state index contributed by atoms with van der Waals surface area (Å²) in [5.41, 5.74) is 2.89. The maximum absolute atomic E-state index is 3.64.